The molecule has 0 spiro atoms. The van der Waals surface area contributed by atoms with Gasteiger partial charge in [-0.25, -0.2) is 0 Å². The topological polar surface area (TPSA) is 29.9 Å². The standard InChI is InChI=1S/C14H16F3N3/c1-10-12(9-19-20(10)2)8-18-13(14(15,16)17)11-6-4-3-5-7-11/h3-7,9,13,18H,8H2,1-2H3. The van der Waals surface area contributed by atoms with Gasteiger partial charge in [0.2, 0.25) is 0 Å². The molecule has 0 radical (unpaired) electrons. The molecule has 6 heteroatoms. The average Bonchev–Trinajstić information content (AvgIpc) is 2.70. The van der Waals surface area contributed by atoms with E-state index in [0.29, 0.717) is 0 Å². The number of halogens is 3. The van der Waals surface area contributed by atoms with Gasteiger partial charge in [-0.15, -0.1) is 0 Å². The maximum atomic E-state index is 13.1. The third-order valence-electron chi connectivity index (χ3n) is 3.29. The summed E-state index contributed by atoms with van der Waals surface area (Å²) in [5, 5.41) is 6.59. The molecule has 0 aliphatic rings. The smallest absolute Gasteiger partial charge is 0.298 e. The molecule has 0 saturated carbocycles. The van der Waals surface area contributed by atoms with Gasteiger partial charge in [0, 0.05) is 24.8 Å². The lowest BCUT2D eigenvalue weighted by atomic mass is 10.1. The second-order valence-corrected chi connectivity index (χ2v) is 4.65. The van der Waals surface area contributed by atoms with Gasteiger partial charge in [-0.05, 0) is 12.5 Å². The van der Waals surface area contributed by atoms with Gasteiger partial charge in [0.15, 0.2) is 0 Å². The molecule has 1 aromatic heterocycles. The van der Waals surface area contributed by atoms with E-state index in [1.165, 1.54) is 12.1 Å². The van der Waals surface area contributed by atoms with E-state index in [-0.39, 0.29) is 12.1 Å². The Morgan fingerprint density at radius 1 is 1.25 bits per heavy atom. The van der Waals surface area contributed by atoms with Crippen LogP contribution in [0.2, 0.25) is 0 Å². The monoisotopic (exact) mass is 283 g/mol. The van der Waals surface area contributed by atoms with Crippen LogP contribution in [-0.2, 0) is 13.6 Å². The Bertz CT molecular complexity index is 561. The van der Waals surface area contributed by atoms with E-state index in [1.54, 1.807) is 36.1 Å². The summed E-state index contributed by atoms with van der Waals surface area (Å²) in [7, 11) is 1.76. The number of alkyl halides is 3. The Labute approximate surface area is 115 Å². The van der Waals surface area contributed by atoms with E-state index in [2.05, 4.69) is 10.4 Å². The van der Waals surface area contributed by atoms with Gasteiger partial charge in [0.25, 0.3) is 0 Å². The quantitative estimate of drug-likeness (QED) is 0.934. The molecule has 0 bridgehead atoms. The summed E-state index contributed by atoms with van der Waals surface area (Å²) >= 11 is 0. The second kappa shape index (κ2) is 5.66. The van der Waals surface area contributed by atoms with E-state index in [9.17, 15) is 13.2 Å². The van der Waals surface area contributed by atoms with E-state index in [1.807, 2.05) is 6.92 Å². The van der Waals surface area contributed by atoms with Crippen molar-refractivity contribution in [3.05, 3.63) is 53.3 Å². The van der Waals surface area contributed by atoms with Gasteiger partial charge in [-0.1, -0.05) is 30.3 Å². The first-order valence-corrected chi connectivity index (χ1v) is 6.22. The molecule has 1 aromatic carbocycles. The van der Waals surface area contributed by atoms with Crippen LogP contribution in [0.3, 0.4) is 0 Å². The molecule has 0 aliphatic carbocycles. The number of hydrogen-bond acceptors (Lipinski definition) is 2. The zero-order valence-corrected chi connectivity index (χ0v) is 11.3. The Balaban J connectivity index is 2.16. The SMILES string of the molecule is Cc1c(CNC(c2ccccc2)C(F)(F)F)cnn1C. The highest BCUT2D eigenvalue weighted by atomic mass is 19.4. The summed E-state index contributed by atoms with van der Waals surface area (Å²) in [6.45, 7) is 1.95. The van der Waals surface area contributed by atoms with Crippen molar-refractivity contribution in [2.24, 2.45) is 7.05 Å². The van der Waals surface area contributed by atoms with Crippen molar-refractivity contribution in [1.29, 1.82) is 0 Å². The van der Waals surface area contributed by atoms with Gasteiger partial charge >= 0.3 is 6.18 Å². The molecule has 20 heavy (non-hydrogen) atoms. The molecule has 0 amide bonds. The van der Waals surface area contributed by atoms with Crippen molar-refractivity contribution in [2.45, 2.75) is 25.7 Å². The van der Waals surface area contributed by atoms with Crippen LogP contribution in [0.15, 0.2) is 36.5 Å². The number of rotatable bonds is 4. The summed E-state index contributed by atoms with van der Waals surface area (Å²) in [5.74, 6) is 0. The van der Waals surface area contributed by atoms with Crippen LogP contribution < -0.4 is 5.32 Å². The van der Waals surface area contributed by atoms with Crippen LogP contribution in [0.25, 0.3) is 0 Å². The summed E-state index contributed by atoms with van der Waals surface area (Å²) in [5.41, 5.74) is 1.82. The summed E-state index contributed by atoms with van der Waals surface area (Å²) < 4.78 is 41.0. The third kappa shape index (κ3) is 3.19. The fourth-order valence-electron chi connectivity index (χ4n) is 2.00. The third-order valence-corrected chi connectivity index (χ3v) is 3.29. The van der Waals surface area contributed by atoms with E-state index in [4.69, 9.17) is 0 Å². The van der Waals surface area contributed by atoms with Gasteiger partial charge in [0.1, 0.15) is 6.04 Å². The summed E-state index contributed by atoms with van der Waals surface area (Å²) in [6, 6.07) is 6.17. The maximum absolute atomic E-state index is 13.1. The van der Waals surface area contributed by atoms with Crippen LogP contribution in [-0.4, -0.2) is 16.0 Å². The molecule has 0 saturated heterocycles. The molecule has 1 atom stereocenters. The zero-order valence-electron chi connectivity index (χ0n) is 11.3. The lowest BCUT2D eigenvalue weighted by molar-refractivity contribution is -0.158. The van der Waals surface area contributed by atoms with Gasteiger partial charge in [-0.3, -0.25) is 10.00 Å². The van der Waals surface area contributed by atoms with Crippen molar-refractivity contribution < 1.29 is 13.2 Å². The van der Waals surface area contributed by atoms with Crippen molar-refractivity contribution in [1.82, 2.24) is 15.1 Å². The van der Waals surface area contributed by atoms with Crippen molar-refractivity contribution in [2.75, 3.05) is 0 Å². The molecule has 1 unspecified atom stereocenters. The first-order chi connectivity index (χ1) is 9.39. The second-order valence-electron chi connectivity index (χ2n) is 4.65. The first kappa shape index (κ1) is 14.6. The van der Waals surface area contributed by atoms with Gasteiger partial charge in [0.05, 0.1) is 6.20 Å². The summed E-state index contributed by atoms with van der Waals surface area (Å²) in [4.78, 5) is 0. The molecule has 2 aromatic rings. The number of aryl methyl sites for hydroxylation is 1. The Morgan fingerprint density at radius 2 is 1.90 bits per heavy atom. The molecule has 108 valence electrons. The lowest BCUT2D eigenvalue weighted by Crippen LogP contribution is -2.33. The number of nitrogens with zero attached hydrogens (tertiary/aromatic N) is 2. The number of nitrogens with one attached hydrogen (secondary N) is 1. The fraction of sp³-hybridized carbons (Fsp3) is 0.357. The largest absolute Gasteiger partial charge is 0.407 e. The van der Waals surface area contributed by atoms with E-state index in [0.717, 1.165) is 11.3 Å². The fourth-order valence-corrected chi connectivity index (χ4v) is 2.00. The van der Waals surface area contributed by atoms with Gasteiger partial charge in [-0.2, -0.15) is 18.3 Å². The average molecular weight is 283 g/mol. The highest BCUT2D eigenvalue weighted by Gasteiger charge is 2.40. The molecule has 0 aliphatic heterocycles. The Hall–Kier alpha value is -1.82. The van der Waals surface area contributed by atoms with Crippen LogP contribution in [0.1, 0.15) is 22.9 Å². The number of aromatic nitrogens is 2. The van der Waals surface area contributed by atoms with Crippen molar-refractivity contribution >= 4 is 0 Å². The predicted octanol–water partition coefficient (Wildman–Crippen LogP) is 3.12. The van der Waals surface area contributed by atoms with Crippen LogP contribution in [0.5, 0.6) is 0 Å². The van der Waals surface area contributed by atoms with E-state index < -0.39 is 12.2 Å². The van der Waals surface area contributed by atoms with Crippen LogP contribution in [0, 0.1) is 6.92 Å². The van der Waals surface area contributed by atoms with Crippen LogP contribution >= 0.6 is 0 Å². The van der Waals surface area contributed by atoms with Crippen molar-refractivity contribution in [3.8, 4) is 0 Å². The lowest BCUT2D eigenvalue weighted by Gasteiger charge is -2.22. The highest BCUT2D eigenvalue weighted by molar-refractivity contribution is 5.21. The van der Waals surface area contributed by atoms with Crippen LogP contribution in [0.4, 0.5) is 13.2 Å². The zero-order chi connectivity index (χ0) is 14.8. The normalized spacial score (nSPS) is 13.4. The Kier molecular flexibility index (Phi) is 4.13. The molecular weight excluding hydrogens is 267 g/mol. The van der Waals surface area contributed by atoms with E-state index >= 15 is 0 Å². The molecule has 1 heterocycles. The number of benzene rings is 1. The minimum absolute atomic E-state index is 0.124. The molecule has 0 fully saturated rings. The minimum atomic E-state index is -4.34. The van der Waals surface area contributed by atoms with Gasteiger partial charge < -0.3 is 0 Å². The minimum Gasteiger partial charge on any atom is -0.298 e. The highest BCUT2D eigenvalue weighted by Crippen LogP contribution is 2.32. The molecule has 2 rings (SSSR count). The molecule has 1 N–H and O–H groups in total. The predicted molar refractivity (Wildman–Crippen MR) is 70.0 cm³/mol. The first-order valence-electron chi connectivity index (χ1n) is 6.22. The number of hydrogen-bond donors (Lipinski definition) is 1. The molecule has 3 nitrogen and oxygen atoms in total. The molecular formula is C14H16F3N3. The summed E-state index contributed by atoms with van der Waals surface area (Å²) in [6.07, 6.45) is -2.75. The maximum Gasteiger partial charge on any atom is 0.407 e. The van der Waals surface area contributed by atoms with Crippen molar-refractivity contribution in [3.63, 3.8) is 0 Å². The Morgan fingerprint density at radius 3 is 2.40 bits per heavy atom.